The highest BCUT2D eigenvalue weighted by atomic mass is 79.9. The molecule has 0 spiro atoms. The van der Waals surface area contributed by atoms with Crippen molar-refractivity contribution in [2.75, 3.05) is 13.1 Å². The zero-order valence-corrected chi connectivity index (χ0v) is 17.8. The Bertz CT molecular complexity index is 1060. The molecule has 28 heavy (non-hydrogen) atoms. The van der Waals surface area contributed by atoms with Crippen molar-refractivity contribution < 1.29 is 5.11 Å². The van der Waals surface area contributed by atoms with Gasteiger partial charge in [0.15, 0.2) is 0 Å². The molecular weight excluding hydrogens is 432 g/mol. The fourth-order valence-corrected chi connectivity index (χ4v) is 4.18. The first-order valence-electron chi connectivity index (χ1n) is 9.29. The van der Waals surface area contributed by atoms with Crippen molar-refractivity contribution in [1.29, 1.82) is 0 Å². The number of rotatable bonds is 7. The molecule has 2 aromatic heterocycles. The summed E-state index contributed by atoms with van der Waals surface area (Å²) in [7, 11) is 0. The van der Waals surface area contributed by atoms with E-state index in [4.69, 9.17) is 4.98 Å². The zero-order valence-electron chi connectivity index (χ0n) is 15.4. The van der Waals surface area contributed by atoms with E-state index in [-0.39, 0.29) is 5.75 Å². The number of aromatic nitrogens is 1. The van der Waals surface area contributed by atoms with Crippen molar-refractivity contribution >= 4 is 38.2 Å². The van der Waals surface area contributed by atoms with Gasteiger partial charge in [-0.2, -0.15) is 11.3 Å². The first kappa shape index (κ1) is 19.1. The minimum absolute atomic E-state index is 0.249. The normalized spacial score (nSPS) is 11.2. The first-order valence-corrected chi connectivity index (χ1v) is 11.0. The summed E-state index contributed by atoms with van der Waals surface area (Å²) in [4.78, 5) is 4.85. The summed E-state index contributed by atoms with van der Waals surface area (Å²) in [6.07, 6.45) is 1.93. The van der Waals surface area contributed by atoms with Gasteiger partial charge in [-0.1, -0.05) is 28.1 Å². The molecule has 5 heteroatoms. The molecule has 142 valence electrons. The van der Waals surface area contributed by atoms with Gasteiger partial charge in [0.1, 0.15) is 5.75 Å². The molecule has 4 aromatic rings. The van der Waals surface area contributed by atoms with E-state index in [1.807, 2.05) is 6.07 Å². The lowest BCUT2D eigenvalue weighted by atomic mass is 10.0. The van der Waals surface area contributed by atoms with Crippen molar-refractivity contribution in [3.05, 3.63) is 81.0 Å². The maximum atomic E-state index is 9.78. The van der Waals surface area contributed by atoms with Crippen molar-refractivity contribution in [2.45, 2.75) is 12.8 Å². The van der Waals surface area contributed by atoms with Crippen LogP contribution in [0.1, 0.15) is 11.1 Å². The molecule has 0 atom stereocenters. The van der Waals surface area contributed by atoms with Gasteiger partial charge in [0, 0.05) is 26.9 Å². The average molecular weight is 453 g/mol. The van der Waals surface area contributed by atoms with Gasteiger partial charge in [-0.15, -0.1) is 0 Å². The Balaban J connectivity index is 1.45. The Morgan fingerprint density at radius 1 is 0.964 bits per heavy atom. The molecule has 0 aliphatic rings. The lowest BCUT2D eigenvalue weighted by molar-refractivity contribution is 0.476. The fraction of sp³-hybridized carbons (Fsp3) is 0.174. The van der Waals surface area contributed by atoms with Crippen LogP contribution in [0.4, 0.5) is 0 Å². The quantitative estimate of drug-likeness (QED) is 0.348. The number of nitrogens with zero attached hydrogens (tertiary/aromatic N) is 1. The van der Waals surface area contributed by atoms with Gasteiger partial charge in [-0.05, 0) is 78.8 Å². The first-order chi connectivity index (χ1) is 13.7. The van der Waals surface area contributed by atoms with Gasteiger partial charge >= 0.3 is 0 Å². The smallest absolute Gasteiger partial charge is 0.117 e. The highest BCUT2D eigenvalue weighted by Gasteiger charge is 2.10. The summed E-state index contributed by atoms with van der Waals surface area (Å²) in [6.45, 7) is 1.85. The summed E-state index contributed by atoms with van der Waals surface area (Å²) in [5.41, 5.74) is 5.54. The molecule has 0 aliphatic carbocycles. The van der Waals surface area contributed by atoms with Crippen LogP contribution in [0.15, 0.2) is 69.8 Å². The van der Waals surface area contributed by atoms with Gasteiger partial charge in [0.2, 0.25) is 0 Å². The second-order valence-corrected chi connectivity index (χ2v) is 8.46. The third-order valence-corrected chi connectivity index (χ3v) is 5.96. The number of phenolic OH excluding ortho intramolecular Hbond substituents is 1. The van der Waals surface area contributed by atoms with Crippen molar-refractivity contribution in [2.24, 2.45) is 0 Å². The van der Waals surface area contributed by atoms with E-state index in [2.05, 4.69) is 68.4 Å². The monoisotopic (exact) mass is 452 g/mol. The van der Waals surface area contributed by atoms with Crippen LogP contribution in [0.5, 0.6) is 5.75 Å². The van der Waals surface area contributed by atoms with Gasteiger partial charge in [0.05, 0.1) is 11.2 Å². The van der Waals surface area contributed by atoms with E-state index >= 15 is 0 Å². The molecular formula is C23H21BrN2OS. The maximum absolute atomic E-state index is 9.78. The number of aromatic hydroxyl groups is 1. The molecule has 3 nitrogen and oxygen atoms in total. The molecule has 0 amide bonds. The third kappa shape index (κ3) is 4.61. The number of hydrogen-bond acceptors (Lipinski definition) is 4. The molecule has 0 unspecified atom stereocenters. The van der Waals surface area contributed by atoms with E-state index in [1.54, 1.807) is 23.5 Å². The highest BCUT2D eigenvalue weighted by molar-refractivity contribution is 9.10. The van der Waals surface area contributed by atoms with E-state index < -0.39 is 0 Å². The molecule has 0 radical (unpaired) electrons. The fourth-order valence-electron chi connectivity index (χ4n) is 3.27. The Kier molecular flexibility index (Phi) is 6.05. The second kappa shape index (κ2) is 8.86. The lowest BCUT2D eigenvalue weighted by Gasteiger charge is -2.11. The van der Waals surface area contributed by atoms with Crippen molar-refractivity contribution in [3.8, 4) is 17.0 Å². The Labute approximate surface area is 177 Å². The van der Waals surface area contributed by atoms with Crippen molar-refractivity contribution in [3.63, 3.8) is 0 Å². The average Bonchev–Trinajstić information content (AvgIpc) is 3.23. The number of benzene rings is 2. The molecule has 2 N–H and O–H groups in total. The maximum Gasteiger partial charge on any atom is 0.117 e. The number of phenols is 1. The SMILES string of the molecule is Oc1ccc2cc(CCNCCc3ccc(Br)cc3)c(-c3ccsc3)nc2c1. The zero-order chi connectivity index (χ0) is 19.3. The predicted octanol–water partition coefficient (Wildman–Crippen LogP) is 5.81. The van der Waals surface area contributed by atoms with Gasteiger partial charge in [-0.25, -0.2) is 4.98 Å². The molecule has 0 saturated heterocycles. The van der Waals surface area contributed by atoms with Crippen LogP contribution in [0.25, 0.3) is 22.2 Å². The second-order valence-electron chi connectivity index (χ2n) is 6.76. The van der Waals surface area contributed by atoms with E-state index in [0.29, 0.717) is 0 Å². The van der Waals surface area contributed by atoms with Gasteiger partial charge in [-0.3, -0.25) is 0 Å². The molecule has 0 bridgehead atoms. The number of hydrogen-bond donors (Lipinski definition) is 2. The molecule has 2 heterocycles. The predicted molar refractivity (Wildman–Crippen MR) is 121 cm³/mol. The summed E-state index contributed by atoms with van der Waals surface area (Å²) < 4.78 is 1.11. The van der Waals surface area contributed by atoms with Gasteiger partial charge < -0.3 is 10.4 Å². The Morgan fingerprint density at radius 3 is 2.57 bits per heavy atom. The van der Waals surface area contributed by atoms with Crippen LogP contribution in [0.3, 0.4) is 0 Å². The number of halogens is 1. The van der Waals surface area contributed by atoms with Crippen molar-refractivity contribution in [1.82, 2.24) is 10.3 Å². The Hall–Kier alpha value is -2.21. The van der Waals surface area contributed by atoms with Gasteiger partial charge in [0.25, 0.3) is 0 Å². The Morgan fingerprint density at radius 2 is 1.79 bits per heavy atom. The van der Waals surface area contributed by atoms with Crippen LogP contribution >= 0.6 is 27.3 Å². The minimum atomic E-state index is 0.249. The van der Waals surface area contributed by atoms with E-state index in [9.17, 15) is 5.11 Å². The molecule has 4 rings (SSSR count). The van der Waals surface area contributed by atoms with Crippen LogP contribution in [0, 0.1) is 0 Å². The lowest BCUT2D eigenvalue weighted by Crippen LogP contribution is -2.20. The summed E-state index contributed by atoms with van der Waals surface area (Å²) in [5, 5.41) is 18.6. The summed E-state index contributed by atoms with van der Waals surface area (Å²) in [5.74, 6) is 0.249. The number of nitrogens with one attached hydrogen (secondary N) is 1. The third-order valence-electron chi connectivity index (χ3n) is 4.75. The summed E-state index contributed by atoms with van der Waals surface area (Å²) >= 11 is 5.15. The molecule has 2 aromatic carbocycles. The highest BCUT2D eigenvalue weighted by Crippen LogP contribution is 2.29. The number of thiophene rings is 1. The van der Waals surface area contributed by atoms with E-state index in [1.165, 1.54) is 11.1 Å². The molecule has 0 saturated carbocycles. The molecule has 0 aliphatic heterocycles. The topological polar surface area (TPSA) is 45.1 Å². The standard InChI is InChI=1S/C23H21BrN2OS/c24-20-4-1-16(2-5-20)7-10-25-11-8-18-13-17-3-6-21(27)14-22(17)26-23(18)19-9-12-28-15-19/h1-6,9,12-15,25,27H,7-8,10-11H2. The number of fused-ring (bicyclic) bond motifs is 1. The number of pyridine rings is 1. The van der Waals surface area contributed by atoms with Crippen LogP contribution in [0.2, 0.25) is 0 Å². The molecule has 0 fully saturated rings. The van der Waals surface area contributed by atoms with E-state index in [0.717, 1.165) is 52.6 Å². The minimum Gasteiger partial charge on any atom is -0.508 e. The van der Waals surface area contributed by atoms with Crippen LogP contribution in [-0.2, 0) is 12.8 Å². The summed E-state index contributed by atoms with van der Waals surface area (Å²) in [6, 6.07) is 18.2. The largest absolute Gasteiger partial charge is 0.508 e. The van der Waals surface area contributed by atoms with Crippen LogP contribution in [-0.4, -0.2) is 23.2 Å². The van der Waals surface area contributed by atoms with Crippen LogP contribution < -0.4 is 5.32 Å².